The van der Waals surface area contributed by atoms with Gasteiger partial charge < -0.3 is 10.4 Å². The van der Waals surface area contributed by atoms with E-state index in [1.165, 1.54) is 12.1 Å². The minimum Gasteiger partial charge on any atom is -0.387 e. The molecule has 0 bridgehead atoms. The zero-order valence-corrected chi connectivity index (χ0v) is 17.5. The molecule has 3 rings (SSSR count). The van der Waals surface area contributed by atoms with Gasteiger partial charge in [0.05, 0.1) is 27.8 Å². The zero-order valence-electron chi connectivity index (χ0n) is 15.9. The largest absolute Gasteiger partial charge is 0.417 e. The third-order valence-electron chi connectivity index (χ3n) is 5.42. The van der Waals surface area contributed by atoms with E-state index in [2.05, 4.69) is 5.32 Å². The van der Waals surface area contributed by atoms with Crippen LogP contribution >= 0.6 is 23.2 Å². The molecule has 0 aliphatic heterocycles. The molecule has 0 spiro atoms. The van der Waals surface area contributed by atoms with Gasteiger partial charge in [-0.3, -0.25) is 4.79 Å². The number of hydrogen-bond donors (Lipinski definition) is 2. The lowest BCUT2D eigenvalue weighted by Gasteiger charge is -2.41. The molecule has 2 aromatic rings. The number of amides is 1. The summed E-state index contributed by atoms with van der Waals surface area (Å²) in [5.74, 6) is -1.99. The third kappa shape index (κ3) is 5.13. The van der Waals surface area contributed by atoms with Crippen molar-refractivity contribution in [3.05, 3.63) is 69.0 Å². The second-order valence-corrected chi connectivity index (χ2v) is 8.33. The Balaban J connectivity index is 2.04. The molecular weight excluding hydrogens is 464 g/mol. The van der Waals surface area contributed by atoms with Crippen LogP contribution in [0.4, 0.5) is 22.0 Å². The van der Waals surface area contributed by atoms with Gasteiger partial charge >= 0.3 is 6.18 Å². The zero-order chi connectivity index (χ0) is 23.0. The normalized spacial score (nSPS) is 22.8. The van der Waals surface area contributed by atoms with Crippen molar-refractivity contribution < 1.29 is 31.9 Å². The van der Waals surface area contributed by atoms with Crippen LogP contribution in [0.25, 0.3) is 0 Å². The fraction of sp³-hybridized carbons (Fsp3) is 0.381. The van der Waals surface area contributed by atoms with Gasteiger partial charge in [-0.1, -0.05) is 35.3 Å². The van der Waals surface area contributed by atoms with Gasteiger partial charge in [0.1, 0.15) is 12.0 Å². The lowest BCUT2D eigenvalue weighted by atomic mass is 9.76. The highest BCUT2D eigenvalue weighted by Crippen LogP contribution is 2.42. The van der Waals surface area contributed by atoms with E-state index < -0.39 is 51.9 Å². The molecule has 0 radical (unpaired) electrons. The monoisotopic (exact) mass is 481 g/mol. The Labute approximate surface area is 185 Å². The quantitative estimate of drug-likeness (QED) is 0.505. The van der Waals surface area contributed by atoms with Crippen LogP contribution in [-0.2, 0) is 6.18 Å². The Hall–Kier alpha value is -1.90. The number of halogens is 7. The van der Waals surface area contributed by atoms with E-state index in [-0.39, 0.29) is 36.3 Å². The number of benzene rings is 2. The fourth-order valence-electron chi connectivity index (χ4n) is 3.77. The summed E-state index contributed by atoms with van der Waals surface area (Å²) >= 11 is 11.7. The van der Waals surface area contributed by atoms with Crippen molar-refractivity contribution in [1.29, 1.82) is 0 Å². The molecule has 1 saturated carbocycles. The van der Waals surface area contributed by atoms with Crippen molar-refractivity contribution in [2.75, 3.05) is 0 Å². The Morgan fingerprint density at radius 3 is 2.42 bits per heavy atom. The predicted molar refractivity (Wildman–Crippen MR) is 106 cm³/mol. The van der Waals surface area contributed by atoms with E-state index in [1.807, 2.05) is 0 Å². The van der Waals surface area contributed by atoms with Crippen LogP contribution in [-0.4, -0.2) is 22.8 Å². The molecule has 0 aromatic heterocycles. The van der Waals surface area contributed by atoms with Crippen LogP contribution in [0.1, 0.15) is 53.2 Å². The lowest BCUT2D eigenvalue weighted by molar-refractivity contribution is -0.137. The van der Waals surface area contributed by atoms with E-state index in [4.69, 9.17) is 23.2 Å². The first-order chi connectivity index (χ1) is 14.4. The summed E-state index contributed by atoms with van der Waals surface area (Å²) in [5, 5.41) is 12.9. The van der Waals surface area contributed by atoms with Gasteiger partial charge in [-0.2, -0.15) is 13.2 Å². The first kappa shape index (κ1) is 23.8. The highest BCUT2D eigenvalue weighted by molar-refractivity contribution is 6.31. The molecule has 3 nitrogen and oxygen atoms in total. The van der Waals surface area contributed by atoms with Crippen LogP contribution in [0.15, 0.2) is 36.4 Å². The molecule has 1 fully saturated rings. The molecule has 1 aliphatic rings. The maximum atomic E-state index is 14.1. The van der Waals surface area contributed by atoms with Gasteiger partial charge in [-0.15, -0.1) is 0 Å². The van der Waals surface area contributed by atoms with E-state index in [0.717, 1.165) is 18.2 Å². The second-order valence-electron chi connectivity index (χ2n) is 7.52. The van der Waals surface area contributed by atoms with Crippen LogP contribution in [0.3, 0.4) is 0 Å². The SMILES string of the molecule is O=C(NC(c1cccc(F)c1Cl)C1(O)CCC(F)CC1)c1ccc(Cl)cc1C(F)(F)F. The molecule has 1 amide bonds. The predicted octanol–water partition coefficient (Wildman–Crippen LogP) is 6.27. The van der Waals surface area contributed by atoms with Crippen LogP contribution in [0.2, 0.25) is 10.0 Å². The maximum Gasteiger partial charge on any atom is 0.417 e. The van der Waals surface area contributed by atoms with Crippen molar-refractivity contribution in [1.82, 2.24) is 5.32 Å². The summed E-state index contributed by atoms with van der Waals surface area (Å²) in [6.45, 7) is 0. The molecule has 2 aromatic carbocycles. The fourth-order valence-corrected chi connectivity index (χ4v) is 4.18. The van der Waals surface area contributed by atoms with Crippen LogP contribution in [0.5, 0.6) is 0 Å². The van der Waals surface area contributed by atoms with E-state index >= 15 is 0 Å². The average Bonchev–Trinajstić information content (AvgIpc) is 2.70. The summed E-state index contributed by atoms with van der Waals surface area (Å²) in [6, 6.07) is 4.99. The molecule has 0 saturated heterocycles. The molecular formula is C21H18Cl2F5NO2. The number of carbonyl (C=O) groups excluding carboxylic acids is 1. The molecule has 168 valence electrons. The smallest absolute Gasteiger partial charge is 0.387 e. The van der Waals surface area contributed by atoms with Crippen molar-refractivity contribution in [2.45, 2.75) is 49.7 Å². The van der Waals surface area contributed by atoms with Gasteiger partial charge in [-0.25, -0.2) is 8.78 Å². The van der Waals surface area contributed by atoms with E-state index in [1.54, 1.807) is 0 Å². The summed E-state index contributed by atoms with van der Waals surface area (Å²) in [7, 11) is 0. The van der Waals surface area contributed by atoms with Gasteiger partial charge in [0.2, 0.25) is 0 Å². The summed E-state index contributed by atoms with van der Waals surface area (Å²) in [5.41, 5.74) is -3.74. The van der Waals surface area contributed by atoms with Gasteiger partial charge in [0, 0.05) is 5.02 Å². The molecule has 1 atom stereocenters. The molecule has 10 heteroatoms. The number of hydrogen-bond acceptors (Lipinski definition) is 2. The molecule has 31 heavy (non-hydrogen) atoms. The highest BCUT2D eigenvalue weighted by atomic mass is 35.5. The third-order valence-corrected chi connectivity index (χ3v) is 6.05. The summed E-state index contributed by atoms with van der Waals surface area (Å²) in [4.78, 5) is 12.9. The number of rotatable bonds is 4. The number of carbonyl (C=O) groups is 1. The molecule has 1 aliphatic carbocycles. The maximum absolute atomic E-state index is 14.1. The highest BCUT2D eigenvalue weighted by Gasteiger charge is 2.44. The first-order valence-corrected chi connectivity index (χ1v) is 10.2. The molecule has 0 heterocycles. The number of aliphatic hydroxyl groups is 1. The molecule has 1 unspecified atom stereocenters. The van der Waals surface area contributed by atoms with Gasteiger partial charge in [0.25, 0.3) is 5.91 Å². The van der Waals surface area contributed by atoms with Crippen molar-refractivity contribution >= 4 is 29.1 Å². The van der Waals surface area contributed by atoms with Gasteiger partial charge in [-0.05, 0) is 55.5 Å². The Bertz CT molecular complexity index is 975. The molecule has 2 N–H and O–H groups in total. The standard InChI is InChI=1S/C21H18Cl2F5NO2/c22-11-4-5-13(15(10-11)21(26,27)28)19(30)29-18(14-2-1-3-16(25)17(14)23)20(31)8-6-12(24)7-9-20/h1-5,10,12,18,31H,6-9H2,(H,29,30). The minimum absolute atomic E-state index is 0.0163. The van der Waals surface area contributed by atoms with Crippen molar-refractivity contribution in [3.63, 3.8) is 0 Å². The lowest BCUT2D eigenvalue weighted by Crippen LogP contribution is -2.49. The summed E-state index contributed by atoms with van der Waals surface area (Å²) in [6.07, 6.45) is -6.27. The van der Waals surface area contributed by atoms with Crippen LogP contribution < -0.4 is 5.32 Å². The first-order valence-electron chi connectivity index (χ1n) is 9.40. The van der Waals surface area contributed by atoms with Crippen molar-refractivity contribution in [3.8, 4) is 0 Å². The Kier molecular flexibility index (Phi) is 6.84. The summed E-state index contributed by atoms with van der Waals surface area (Å²) < 4.78 is 68.0. The Morgan fingerprint density at radius 2 is 1.81 bits per heavy atom. The topological polar surface area (TPSA) is 49.3 Å². The van der Waals surface area contributed by atoms with Gasteiger partial charge in [0.15, 0.2) is 0 Å². The average molecular weight is 482 g/mol. The van der Waals surface area contributed by atoms with E-state index in [9.17, 15) is 31.9 Å². The Morgan fingerprint density at radius 1 is 1.16 bits per heavy atom. The minimum atomic E-state index is -4.87. The second kappa shape index (κ2) is 8.92. The number of nitrogens with one attached hydrogen (secondary N) is 1. The van der Waals surface area contributed by atoms with Crippen molar-refractivity contribution in [2.24, 2.45) is 0 Å². The number of alkyl halides is 4. The van der Waals surface area contributed by atoms with E-state index in [0.29, 0.717) is 6.07 Å². The van der Waals surface area contributed by atoms with Crippen LogP contribution in [0, 0.1) is 5.82 Å².